The molecule has 0 heterocycles. The van der Waals surface area contributed by atoms with Crippen LogP contribution in [0, 0.1) is 0 Å². The maximum Gasteiger partial charge on any atom is 0.335 e. The van der Waals surface area contributed by atoms with E-state index >= 15 is 0 Å². The Morgan fingerprint density at radius 1 is 0.800 bits per heavy atom. The van der Waals surface area contributed by atoms with Gasteiger partial charge < -0.3 is 18.9 Å². The molecule has 2 rings (SSSR count). The molecular weight excluding hydrogens is 320 g/mol. The third-order valence-corrected chi connectivity index (χ3v) is 3.05. The Balaban J connectivity index is 1.94. The molecule has 0 aliphatic rings. The van der Waals surface area contributed by atoms with Crippen molar-refractivity contribution in [2.45, 2.75) is 0 Å². The van der Waals surface area contributed by atoms with Gasteiger partial charge in [-0.15, -0.1) is 0 Å². The molecule has 0 bridgehead atoms. The summed E-state index contributed by atoms with van der Waals surface area (Å²) in [6, 6.07) is 15.2. The Labute approximate surface area is 146 Å². The van der Waals surface area contributed by atoms with Gasteiger partial charge in [0.15, 0.2) is 0 Å². The monoisotopic (exact) mass is 338 g/mol. The first kappa shape index (κ1) is 17.9. The van der Waals surface area contributed by atoms with Crippen molar-refractivity contribution in [1.82, 2.24) is 0 Å². The van der Waals surface area contributed by atoms with Crippen LogP contribution >= 0.6 is 0 Å². The summed E-state index contributed by atoms with van der Waals surface area (Å²) in [5, 5.41) is 0. The molecule has 0 radical (unpaired) electrons. The van der Waals surface area contributed by atoms with Crippen molar-refractivity contribution < 1.29 is 23.7 Å². The molecule has 0 fully saturated rings. The van der Waals surface area contributed by atoms with Crippen molar-refractivity contribution >= 4 is 5.97 Å². The van der Waals surface area contributed by atoms with Gasteiger partial charge in [-0.05, 0) is 35.4 Å². The third-order valence-electron chi connectivity index (χ3n) is 3.05. The van der Waals surface area contributed by atoms with Gasteiger partial charge in [-0.3, -0.25) is 0 Å². The van der Waals surface area contributed by atoms with Gasteiger partial charge in [0.2, 0.25) is 0 Å². The molecule has 2 aromatic rings. The highest BCUT2D eigenvalue weighted by molar-refractivity contribution is 5.81. The number of carbonyl (C=O) groups excluding carboxylic acids is 1. The molecule has 0 aliphatic carbocycles. The van der Waals surface area contributed by atoms with E-state index in [-0.39, 0.29) is 0 Å². The van der Waals surface area contributed by atoms with Crippen LogP contribution in [-0.4, -0.2) is 13.1 Å². The van der Waals surface area contributed by atoms with Crippen molar-refractivity contribution in [2.75, 3.05) is 7.11 Å². The van der Waals surface area contributed by atoms with Gasteiger partial charge in [-0.1, -0.05) is 30.8 Å². The van der Waals surface area contributed by atoms with Crippen molar-refractivity contribution in [3.8, 4) is 22.6 Å². The molecule has 0 amide bonds. The Morgan fingerprint density at radius 3 is 1.72 bits per heavy atom. The fraction of sp³-hybridized carbons (Fsp3) is 0.0500. The van der Waals surface area contributed by atoms with E-state index in [4.69, 9.17) is 14.2 Å². The minimum atomic E-state index is -0.541. The Bertz CT molecular complexity index is 743. The Kier molecular flexibility index (Phi) is 6.88. The molecule has 0 saturated carbocycles. The number of benzene rings is 2. The van der Waals surface area contributed by atoms with Gasteiger partial charge in [0, 0.05) is 6.08 Å². The molecule has 5 nitrogen and oxygen atoms in total. The second kappa shape index (κ2) is 9.62. The van der Waals surface area contributed by atoms with Gasteiger partial charge in [0.25, 0.3) is 0 Å². The number of esters is 1. The first-order valence-electron chi connectivity index (χ1n) is 7.42. The number of carbonyl (C=O) groups is 1. The minimum Gasteiger partial charge on any atom is -0.501 e. The summed E-state index contributed by atoms with van der Waals surface area (Å²) in [6.07, 6.45) is 6.45. The van der Waals surface area contributed by atoms with Crippen LogP contribution < -0.4 is 9.47 Å². The topological polar surface area (TPSA) is 54.0 Å². The van der Waals surface area contributed by atoms with E-state index < -0.39 is 5.97 Å². The largest absolute Gasteiger partial charge is 0.501 e. The summed E-state index contributed by atoms with van der Waals surface area (Å²) in [5.74, 6) is 0.802. The highest BCUT2D eigenvalue weighted by Gasteiger charge is 1.99. The molecule has 5 heteroatoms. The molecule has 0 aliphatic heterocycles. The van der Waals surface area contributed by atoms with Gasteiger partial charge >= 0.3 is 5.97 Å². The SMILES string of the molecule is C=CC(=O)O/C=C\Oc1ccc(-c2ccc(O/C=C\OC)cc2)cc1. The zero-order chi connectivity index (χ0) is 17.9. The highest BCUT2D eigenvalue weighted by Crippen LogP contribution is 2.24. The second-order valence-electron chi connectivity index (χ2n) is 4.71. The predicted molar refractivity (Wildman–Crippen MR) is 94.7 cm³/mol. The lowest BCUT2D eigenvalue weighted by molar-refractivity contribution is -0.132. The van der Waals surface area contributed by atoms with Crippen LogP contribution in [0.5, 0.6) is 11.5 Å². The average molecular weight is 338 g/mol. The molecule has 0 N–H and O–H groups in total. The third kappa shape index (κ3) is 5.91. The van der Waals surface area contributed by atoms with Gasteiger partial charge in [-0.2, -0.15) is 0 Å². The smallest absolute Gasteiger partial charge is 0.335 e. The van der Waals surface area contributed by atoms with Crippen LogP contribution in [0.3, 0.4) is 0 Å². The van der Waals surface area contributed by atoms with Crippen molar-refractivity contribution in [1.29, 1.82) is 0 Å². The first-order chi connectivity index (χ1) is 12.2. The molecule has 25 heavy (non-hydrogen) atoms. The zero-order valence-corrected chi connectivity index (χ0v) is 13.8. The van der Waals surface area contributed by atoms with Crippen LogP contribution in [0.4, 0.5) is 0 Å². The maximum atomic E-state index is 10.9. The van der Waals surface area contributed by atoms with E-state index in [0.717, 1.165) is 29.2 Å². The fourth-order valence-corrected chi connectivity index (χ4v) is 1.86. The molecule has 0 saturated heterocycles. The average Bonchev–Trinajstić information content (AvgIpc) is 2.66. The molecule has 0 spiro atoms. The maximum absolute atomic E-state index is 10.9. The summed E-state index contributed by atoms with van der Waals surface area (Å²) < 4.78 is 20.1. The number of rotatable bonds is 8. The second-order valence-corrected chi connectivity index (χ2v) is 4.71. The molecule has 128 valence electrons. The lowest BCUT2D eigenvalue weighted by Gasteiger charge is -2.05. The highest BCUT2D eigenvalue weighted by atomic mass is 16.5. The minimum absolute atomic E-state index is 0.541. The van der Waals surface area contributed by atoms with Crippen molar-refractivity contribution in [2.24, 2.45) is 0 Å². The van der Waals surface area contributed by atoms with E-state index in [9.17, 15) is 4.79 Å². The predicted octanol–water partition coefficient (Wildman–Crippen LogP) is 4.43. The number of hydrogen-bond donors (Lipinski definition) is 0. The fourth-order valence-electron chi connectivity index (χ4n) is 1.86. The van der Waals surface area contributed by atoms with Crippen molar-refractivity contribution in [3.05, 3.63) is 86.2 Å². The number of methoxy groups -OCH3 is 1. The summed E-state index contributed by atoms with van der Waals surface area (Å²) in [7, 11) is 1.56. The van der Waals surface area contributed by atoms with E-state index in [1.165, 1.54) is 18.8 Å². The van der Waals surface area contributed by atoms with Crippen LogP contribution in [0.1, 0.15) is 0 Å². The van der Waals surface area contributed by atoms with E-state index in [0.29, 0.717) is 5.75 Å². The van der Waals surface area contributed by atoms with E-state index in [1.807, 2.05) is 48.5 Å². The molecule has 0 atom stereocenters. The molecule has 0 aromatic heterocycles. The molecule has 0 unspecified atom stereocenters. The summed E-state index contributed by atoms with van der Waals surface area (Å²) in [6.45, 7) is 3.29. The lowest BCUT2D eigenvalue weighted by atomic mass is 10.1. The standard InChI is InChI=1S/C20H18O5/c1-3-20(21)25-15-14-24-19-10-6-17(7-11-19)16-4-8-18(9-5-16)23-13-12-22-2/h3-15H,1H2,2H3/b13-12-,15-14-. The van der Waals surface area contributed by atoms with Crippen LogP contribution in [-0.2, 0) is 14.3 Å². The Hall–Kier alpha value is -3.47. The van der Waals surface area contributed by atoms with Gasteiger partial charge in [0.1, 0.15) is 36.5 Å². The lowest BCUT2D eigenvalue weighted by Crippen LogP contribution is -1.93. The summed E-state index contributed by atoms with van der Waals surface area (Å²) >= 11 is 0. The number of ether oxygens (including phenoxy) is 4. The normalized spacial score (nSPS) is 10.6. The molecule has 2 aromatic carbocycles. The number of hydrogen-bond acceptors (Lipinski definition) is 5. The van der Waals surface area contributed by atoms with E-state index in [1.54, 1.807) is 7.11 Å². The molecular formula is C20H18O5. The Morgan fingerprint density at radius 2 is 1.28 bits per heavy atom. The van der Waals surface area contributed by atoms with Crippen LogP contribution in [0.25, 0.3) is 11.1 Å². The zero-order valence-electron chi connectivity index (χ0n) is 13.8. The van der Waals surface area contributed by atoms with Crippen LogP contribution in [0.15, 0.2) is 86.2 Å². The first-order valence-corrected chi connectivity index (χ1v) is 7.42. The van der Waals surface area contributed by atoms with E-state index in [2.05, 4.69) is 11.3 Å². The van der Waals surface area contributed by atoms with Gasteiger partial charge in [0.05, 0.1) is 7.11 Å². The summed E-state index contributed by atoms with van der Waals surface area (Å²) in [4.78, 5) is 10.9. The summed E-state index contributed by atoms with van der Waals surface area (Å²) in [5.41, 5.74) is 2.08. The van der Waals surface area contributed by atoms with Crippen LogP contribution in [0.2, 0.25) is 0 Å². The quantitative estimate of drug-likeness (QED) is 0.405. The van der Waals surface area contributed by atoms with Crippen molar-refractivity contribution in [3.63, 3.8) is 0 Å². The van der Waals surface area contributed by atoms with Gasteiger partial charge in [-0.25, -0.2) is 4.79 Å².